The van der Waals surface area contributed by atoms with Gasteiger partial charge in [-0.1, -0.05) is 34.8 Å². The van der Waals surface area contributed by atoms with Crippen molar-refractivity contribution < 1.29 is 17.9 Å². The minimum absolute atomic E-state index is 0.0766. The van der Waals surface area contributed by atoms with Gasteiger partial charge in [-0.05, 0) is 25.0 Å². The lowest BCUT2D eigenvalue weighted by atomic mass is 9.99. The van der Waals surface area contributed by atoms with E-state index < -0.39 is 6.36 Å². The molecule has 5 rings (SSSR count). The fraction of sp³-hybridized carbons (Fsp3) is 0.300. The van der Waals surface area contributed by atoms with Gasteiger partial charge in [0.15, 0.2) is 10.0 Å². The van der Waals surface area contributed by atoms with E-state index in [-0.39, 0.29) is 17.2 Å². The number of rotatable bonds is 5. The fourth-order valence-electron chi connectivity index (χ4n) is 3.65. The topological polar surface area (TPSA) is 89.8 Å². The van der Waals surface area contributed by atoms with Gasteiger partial charge in [-0.15, -0.1) is 33.6 Å². The maximum atomic E-state index is 12.8. The van der Waals surface area contributed by atoms with E-state index in [1.165, 1.54) is 34.8 Å². The molecule has 0 bridgehead atoms. The number of anilines is 1. The Kier molecular flexibility index (Phi) is 5.89. The molecule has 170 valence electrons. The lowest BCUT2D eigenvalue weighted by Gasteiger charge is -2.32. The molecule has 1 aliphatic heterocycles. The van der Waals surface area contributed by atoms with Gasteiger partial charge in [-0.2, -0.15) is 0 Å². The maximum Gasteiger partial charge on any atom is 0.573 e. The van der Waals surface area contributed by atoms with Crippen molar-refractivity contribution in [2.24, 2.45) is 0 Å². The van der Waals surface area contributed by atoms with Crippen molar-refractivity contribution in [3.63, 3.8) is 0 Å². The Morgan fingerprint density at radius 1 is 1.06 bits per heavy atom. The van der Waals surface area contributed by atoms with E-state index in [4.69, 9.17) is 0 Å². The molecule has 1 atom stereocenters. The van der Waals surface area contributed by atoms with Crippen molar-refractivity contribution in [2.45, 2.75) is 25.1 Å². The molecule has 1 saturated heterocycles. The summed E-state index contributed by atoms with van der Waals surface area (Å²) in [4.78, 5) is 11.1. The molecule has 13 heteroatoms. The van der Waals surface area contributed by atoms with Crippen LogP contribution in [0.25, 0.3) is 21.3 Å². The zero-order valence-corrected chi connectivity index (χ0v) is 18.6. The first kappa shape index (κ1) is 21.6. The molecule has 0 spiro atoms. The van der Waals surface area contributed by atoms with Crippen molar-refractivity contribution in [3.8, 4) is 27.0 Å². The molecule has 8 nitrogen and oxygen atoms in total. The number of piperidine rings is 1. The molecular weight excluding hydrogens is 475 g/mol. The van der Waals surface area contributed by atoms with Gasteiger partial charge >= 0.3 is 6.36 Å². The molecule has 0 N–H and O–H groups in total. The van der Waals surface area contributed by atoms with Crippen molar-refractivity contribution >= 4 is 28.5 Å². The Morgan fingerprint density at radius 2 is 1.94 bits per heavy atom. The monoisotopic (exact) mass is 491 g/mol. The molecule has 4 aromatic rings. The van der Waals surface area contributed by atoms with Crippen LogP contribution in [-0.2, 0) is 0 Å². The normalized spacial score (nSPS) is 16.7. The second-order valence-corrected chi connectivity index (χ2v) is 9.12. The predicted octanol–water partition coefficient (Wildman–Crippen LogP) is 4.80. The van der Waals surface area contributed by atoms with Crippen LogP contribution in [-0.4, -0.2) is 49.8 Å². The van der Waals surface area contributed by atoms with Gasteiger partial charge < -0.3 is 9.64 Å². The molecule has 1 unspecified atom stereocenters. The zero-order valence-electron chi connectivity index (χ0n) is 16.9. The summed E-state index contributed by atoms with van der Waals surface area (Å²) in [6.45, 7) is 1.47. The summed E-state index contributed by atoms with van der Waals surface area (Å²) < 4.78 is 42.5. The van der Waals surface area contributed by atoms with Gasteiger partial charge in [0.1, 0.15) is 27.8 Å². The van der Waals surface area contributed by atoms with Crippen LogP contribution in [0.2, 0.25) is 0 Å². The van der Waals surface area contributed by atoms with Crippen molar-refractivity contribution in [2.75, 3.05) is 18.0 Å². The first-order chi connectivity index (χ1) is 16.0. The summed E-state index contributed by atoms with van der Waals surface area (Å²) in [5.74, 6) is 0.524. The third-order valence-corrected chi connectivity index (χ3v) is 6.91. The highest BCUT2D eigenvalue weighted by molar-refractivity contribution is 7.14. The highest BCUT2D eigenvalue weighted by Crippen LogP contribution is 2.38. The van der Waals surface area contributed by atoms with Crippen LogP contribution in [0.15, 0.2) is 42.2 Å². The second kappa shape index (κ2) is 8.98. The Bertz CT molecular complexity index is 1230. The van der Waals surface area contributed by atoms with E-state index in [0.29, 0.717) is 22.3 Å². The molecule has 33 heavy (non-hydrogen) atoms. The first-order valence-corrected chi connectivity index (χ1v) is 11.7. The Balaban J connectivity index is 1.36. The Labute approximate surface area is 194 Å². The summed E-state index contributed by atoms with van der Waals surface area (Å²) in [7, 11) is 0. The standard InChI is InChI=1S/C20H16F3N7OS2/c21-20(22,23)31-15-6-2-1-5-13(15)18-29-28-17(33-18)12-4-3-7-30(10-12)16-9-24-8-14(26-16)19-27-25-11-32-19/h1-2,5-6,8-9,11-12H,3-4,7,10H2. The summed E-state index contributed by atoms with van der Waals surface area (Å²) >= 11 is 2.68. The van der Waals surface area contributed by atoms with Crippen LogP contribution < -0.4 is 9.64 Å². The minimum atomic E-state index is -4.78. The van der Waals surface area contributed by atoms with Gasteiger partial charge in [0.05, 0.1) is 18.0 Å². The molecule has 0 amide bonds. The fourth-order valence-corrected chi connectivity index (χ4v) is 5.15. The number of para-hydroxylation sites is 1. The lowest BCUT2D eigenvalue weighted by Crippen LogP contribution is -2.35. The third kappa shape index (κ3) is 4.93. The van der Waals surface area contributed by atoms with Crippen molar-refractivity contribution in [1.29, 1.82) is 0 Å². The maximum absolute atomic E-state index is 12.8. The lowest BCUT2D eigenvalue weighted by molar-refractivity contribution is -0.274. The van der Waals surface area contributed by atoms with Crippen LogP contribution in [0.5, 0.6) is 5.75 Å². The van der Waals surface area contributed by atoms with Crippen molar-refractivity contribution in [1.82, 2.24) is 30.4 Å². The minimum Gasteiger partial charge on any atom is -0.405 e. The average Bonchev–Trinajstić information content (AvgIpc) is 3.51. The zero-order chi connectivity index (χ0) is 22.8. The summed E-state index contributed by atoms with van der Waals surface area (Å²) in [6, 6.07) is 5.96. The number of halogens is 3. The summed E-state index contributed by atoms with van der Waals surface area (Å²) in [6.07, 6.45) is 0.400. The van der Waals surface area contributed by atoms with Gasteiger partial charge in [0.25, 0.3) is 0 Å². The summed E-state index contributed by atoms with van der Waals surface area (Å²) in [5.41, 5.74) is 2.57. The predicted molar refractivity (Wildman–Crippen MR) is 117 cm³/mol. The van der Waals surface area contributed by atoms with E-state index in [1.54, 1.807) is 30.0 Å². The average molecular weight is 492 g/mol. The van der Waals surface area contributed by atoms with E-state index in [0.717, 1.165) is 30.2 Å². The largest absolute Gasteiger partial charge is 0.573 e. The smallest absolute Gasteiger partial charge is 0.405 e. The number of benzene rings is 1. The van der Waals surface area contributed by atoms with E-state index >= 15 is 0 Å². The van der Waals surface area contributed by atoms with Crippen LogP contribution in [0.1, 0.15) is 23.8 Å². The second-order valence-electron chi connectivity index (χ2n) is 7.28. The van der Waals surface area contributed by atoms with Crippen LogP contribution in [0.3, 0.4) is 0 Å². The molecule has 3 aromatic heterocycles. The molecule has 0 saturated carbocycles. The Morgan fingerprint density at radius 3 is 2.76 bits per heavy atom. The molecule has 0 radical (unpaired) electrons. The number of hydrogen-bond donors (Lipinski definition) is 0. The summed E-state index contributed by atoms with van der Waals surface area (Å²) in [5, 5.41) is 18.2. The van der Waals surface area contributed by atoms with E-state index in [2.05, 4.69) is 40.0 Å². The molecule has 1 aromatic carbocycles. The third-order valence-electron chi connectivity index (χ3n) is 5.08. The van der Waals surface area contributed by atoms with Gasteiger partial charge in [0.2, 0.25) is 0 Å². The SMILES string of the molecule is FC(F)(F)Oc1ccccc1-c1nnc(C2CCCN(c3cncc(-c4nncs4)n3)C2)s1. The van der Waals surface area contributed by atoms with Crippen molar-refractivity contribution in [3.05, 3.63) is 47.2 Å². The molecule has 0 aliphatic carbocycles. The quantitative estimate of drug-likeness (QED) is 0.394. The Hall–Kier alpha value is -3.19. The van der Waals surface area contributed by atoms with Gasteiger partial charge in [-0.3, -0.25) is 4.98 Å². The first-order valence-electron chi connectivity index (χ1n) is 9.98. The van der Waals surface area contributed by atoms with E-state index in [9.17, 15) is 13.2 Å². The molecule has 4 heterocycles. The van der Waals surface area contributed by atoms with Crippen LogP contribution in [0.4, 0.5) is 19.0 Å². The number of hydrogen-bond acceptors (Lipinski definition) is 10. The van der Waals surface area contributed by atoms with Gasteiger partial charge in [0, 0.05) is 19.0 Å². The number of ether oxygens (including phenoxy) is 1. The molecule has 1 aliphatic rings. The van der Waals surface area contributed by atoms with Crippen LogP contribution >= 0.6 is 22.7 Å². The number of aromatic nitrogens is 6. The number of alkyl halides is 3. The van der Waals surface area contributed by atoms with Crippen LogP contribution in [0, 0.1) is 0 Å². The van der Waals surface area contributed by atoms with E-state index in [1.807, 2.05) is 0 Å². The number of nitrogens with zero attached hydrogens (tertiary/aromatic N) is 7. The highest BCUT2D eigenvalue weighted by Gasteiger charge is 2.33. The molecule has 1 fully saturated rings. The highest BCUT2D eigenvalue weighted by atomic mass is 32.1. The van der Waals surface area contributed by atoms with Gasteiger partial charge in [-0.25, -0.2) is 4.98 Å². The molecular formula is C20H16F3N7OS2.